The molecule has 2 aromatic rings. The zero-order chi connectivity index (χ0) is 9.42. The summed E-state index contributed by atoms with van der Waals surface area (Å²) in [6, 6.07) is 10.8. The fourth-order valence-electron chi connectivity index (χ4n) is 1.48. The van der Waals surface area contributed by atoms with Crippen LogP contribution < -0.4 is 4.57 Å². The summed E-state index contributed by atoms with van der Waals surface area (Å²) in [4.78, 5) is 0. The third kappa shape index (κ3) is 1.55. The molecule has 0 amide bonds. The molecule has 1 aromatic carbocycles. The van der Waals surface area contributed by atoms with Gasteiger partial charge in [-0.3, -0.25) is 0 Å². The first-order valence-electron chi connectivity index (χ1n) is 4.23. The third-order valence-electron chi connectivity index (χ3n) is 2.38. The van der Waals surface area contributed by atoms with Crippen LogP contribution in [0.1, 0.15) is 5.69 Å². The molecule has 0 aliphatic heterocycles. The van der Waals surface area contributed by atoms with Crippen molar-refractivity contribution < 1.29 is 4.57 Å². The van der Waals surface area contributed by atoms with Gasteiger partial charge in [0.25, 0.3) is 0 Å². The van der Waals surface area contributed by atoms with E-state index in [-0.39, 0.29) is 0 Å². The van der Waals surface area contributed by atoms with Gasteiger partial charge in [-0.25, -0.2) is 0 Å². The molecule has 0 saturated heterocycles. The highest BCUT2D eigenvalue weighted by atomic mass is 127. The Kier molecular flexibility index (Phi) is 2.24. The number of halogens is 1. The number of benzene rings is 1. The highest BCUT2D eigenvalue weighted by Gasteiger charge is 2.06. The molecule has 0 N–H and O–H groups in total. The molecule has 0 atom stereocenters. The lowest BCUT2D eigenvalue weighted by Gasteiger charge is -1.99. The molecule has 2 heteroatoms. The summed E-state index contributed by atoms with van der Waals surface area (Å²) in [5, 5.41) is 1.31. The largest absolute Gasteiger partial charge is 0.212 e. The topological polar surface area (TPSA) is 3.88 Å². The predicted octanol–water partition coefficient (Wildman–Crippen LogP) is 2.58. The van der Waals surface area contributed by atoms with Crippen LogP contribution in [0.2, 0.25) is 0 Å². The Hall–Kier alpha value is -0.640. The highest BCUT2D eigenvalue weighted by Crippen LogP contribution is 2.14. The Balaban J connectivity index is 2.87. The minimum atomic E-state index is 1.29. The van der Waals surface area contributed by atoms with E-state index in [9.17, 15) is 0 Å². The Labute approximate surface area is 91.5 Å². The smallest absolute Gasteiger partial charge is 0.199 e. The number of pyridine rings is 1. The van der Waals surface area contributed by atoms with Gasteiger partial charge < -0.3 is 0 Å². The van der Waals surface area contributed by atoms with Gasteiger partial charge in [0.05, 0.1) is 0 Å². The minimum absolute atomic E-state index is 1.29. The monoisotopic (exact) mass is 284 g/mol. The van der Waals surface area contributed by atoms with Crippen LogP contribution in [0.15, 0.2) is 30.3 Å². The Morgan fingerprint density at radius 1 is 1.15 bits per heavy atom. The summed E-state index contributed by atoms with van der Waals surface area (Å²) >= 11 is 2.34. The van der Waals surface area contributed by atoms with E-state index >= 15 is 0 Å². The van der Waals surface area contributed by atoms with Crippen LogP contribution in [-0.4, -0.2) is 0 Å². The Morgan fingerprint density at radius 3 is 2.69 bits per heavy atom. The summed E-state index contributed by atoms with van der Waals surface area (Å²) in [6.45, 7) is 2.12. The van der Waals surface area contributed by atoms with E-state index in [1.165, 1.54) is 20.2 Å². The van der Waals surface area contributed by atoms with Crippen molar-refractivity contribution >= 4 is 33.5 Å². The molecule has 0 unspecified atom stereocenters. The first kappa shape index (κ1) is 8.94. The van der Waals surface area contributed by atoms with Gasteiger partial charge in [-0.05, 0) is 40.8 Å². The average Bonchev–Trinajstić information content (AvgIpc) is 2.12. The van der Waals surface area contributed by atoms with Gasteiger partial charge in [-0.1, -0.05) is 0 Å². The molecular formula is C11H11IN+. The standard InChI is InChI=1S/C11H11IN/c1-8-3-4-9-7-10(12)5-6-11(9)13(8)2/h3-7H,1-2H3/q+1. The van der Waals surface area contributed by atoms with E-state index in [4.69, 9.17) is 0 Å². The molecule has 0 fully saturated rings. The minimum Gasteiger partial charge on any atom is -0.199 e. The molecule has 13 heavy (non-hydrogen) atoms. The van der Waals surface area contributed by atoms with Crippen molar-refractivity contribution in [3.63, 3.8) is 0 Å². The Morgan fingerprint density at radius 2 is 1.92 bits per heavy atom. The van der Waals surface area contributed by atoms with Crippen molar-refractivity contribution in [2.75, 3.05) is 0 Å². The Bertz CT molecular complexity index is 463. The molecule has 0 saturated carbocycles. The molecule has 0 aliphatic carbocycles. The number of hydrogen-bond acceptors (Lipinski definition) is 0. The second-order valence-corrected chi connectivity index (χ2v) is 4.48. The number of nitrogens with zero attached hydrogens (tertiary/aromatic N) is 1. The maximum Gasteiger partial charge on any atom is 0.212 e. The quantitative estimate of drug-likeness (QED) is 0.517. The maximum atomic E-state index is 2.34. The summed E-state index contributed by atoms with van der Waals surface area (Å²) in [5.74, 6) is 0. The molecule has 1 aromatic heterocycles. The zero-order valence-corrected chi connectivity index (χ0v) is 9.87. The van der Waals surface area contributed by atoms with E-state index < -0.39 is 0 Å². The van der Waals surface area contributed by atoms with Crippen molar-refractivity contribution in [2.45, 2.75) is 6.92 Å². The maximum absolute atomic E-state index is 2.34. The van der Waals surface area contributed by atoms with Crippen molar-refractivity contribution in [3.8, 4) is 0 Å². The lowest BCUT2D eigenvalue weighted by atomic mass is 10.2. The summed E-state index contributed by atoms with van der Waals surface area (Å²) in [5.41, 5.74) is 2.58. The number of aryl methyl sites for hydroxylation is 2. The molecule has 0 spiro atoms. The number of rotatable bonds is 0. The van der Waals surface area contributed by atoms with Crippen molar-refractivity contribution in [1.82, 2.24) is 0 Å². The molecule has 0 bridgehead atoms. The van der Waals surface area contributed by atoms with Gasteiger partial charge in [0.2, 0.25) is 5.52 Å². The lowest BCUT2D eigenvalue weighted by Crippen LogP contribution is -2.32. The second kappa shape index (κ2) is 3.25. The van der Waals surface area contributed by atoms with Crippen molar-refractivity contribution in [1.29, 1.82) is 0 Å². The molecule has 0 radical (unpaired) electrons. The van der Waals surface area contributed by atoms with Crippen LogP contribution in [0, 0.1) is 10.5 Å². The van der Waals surface area contributed by atoms with Crippen molar-refractivity contribution in [2.24, 2.45) is 7.05 Å². The number of fused-ring (bicyclic) bond motifs is 1. The van der Waals surface area contributed by atoms with Crippen LogP contribution in [0.3, 0.4) is 0 Å². The van der Waals surface area contributed by atoms with E-state index in [1.807, 2.05) is 0 Å². The summed E-state index contributed by atoms with van der Waals surface area (Å²) in [6.07, 6.45) is 0. The molecule has 0 aliphatic rings. The van der Waals surface area contributed by atoms with Gasteiger partial charge in [-0.2, -0.15) is 4.57 Å². The fraction of sp³-hybridized carbons (Fsp3) is 0.182. The second-order valence-electron chi connectivity index (χ2n) is 3.24. The first-order chi connectivity index (χ1) is 6.18. The van der Waals surface area contributed by atoms with E-state index in [1.54, 1.807) is 0 Å². The third-order valence-corrected chi connectivity index (χ3v) is 3.06. The van der Waals surface area contributed by atoms with Gasteiger partial charge in [0, 0.05) is 28.0 Å². The predicted molar refractivity (Wildman–Crippen MR) is 62.6 cm³/mol. The van der Waals surface area contributed by atoms with E-state index in [0.717, 1.165) is 0 Å². The fourth-order valence-corrected chi connectivity index (χ4v) is 1.99. The van der Waals surface area contributed by atoms with E-state index in [2.05, 4.69) is 71.5 Å². The zero-order valence-electron chi connectivity index (χ0n) is 7.71. The highest BCUT2D eigenvalue weighted by molar-refractivity contribution is 14.1. The normalized spacial score (nSPS) is 10.7. The summed E-state index contributed by atoms with van der Waals surface area (Å²) < 4.78 is 3.50. The van der Waals surface area contributed by atoms with Crippen molar-refractivity contribution in [3.05, 3.63) is 39.6 Å². The van der Waals surface area contributed by atoms with Gasteiger partial charge in [0.15, 0.2) is 5.69 Å². The molecule has 2 rings (SSSR count). The SMILES string of the molecule is Cc1ccc2cc(I)ccc2[n+]1C. The van der Waals surface area contributed by atoms with Gasteiger partial charge >= 0.3 is 0 Å². The average molecular weight is 284 g/mol. The van der Waals surface area contributed by atoms with Gasteiger partial charge in [-0.15, -0.1) is 0 Å². The molecule has 1 heterocycles. The molecule has 1 nitrogen and oxygen atoms in total. The van der Waals surface area contributed by atoms with Crippen LogP contribution in [-0.2, 0) is 7.05 Å². The van der Waals surface area contributed by atoms with Crippen LogP contribution in [0.5, 0.6) is 0 Å². The first-order valence-corrected chi connectivity index (χ1v) is 5.31. The molecular weight excluding hydrogens is 273 g/mol. The van der Waals surface area contributed by atoms with Gasteiger partial charge in [0.1, 0.15) is 7.05 Å². The number of hydrogen-bond donors (Lipinski definition) is 0. The number of aromatic nitrogens is 1. The van der Waals surface area contributed by atoms with Crippen LogP contribution in [0.4, 0.5) is 0 Å². The lowest BCUT2D eigenvalue weighted by molar-refractivity contribution is -0.651. The van der Waals surface area contributed by atoms with Crippen LogP contribution in [0.25, 0.3) is 10.9 Å². The molecule has 66 valence electrons. The summed E-state index contributed by atoms with van der Waals surface area (Å²) in [7, 11) is 2.10. The van der Waals surface area contributed by atoms with Crippen LogP contribution >= 0.6 is 22.6 Å². The van der Waals surface area contributed by atoms with E-state index in [0.29, 0.717) is 0 Å².